The summed E-state index contributed by atoms with van der Waals surface area (Å²) in [6.07, 6.45) is 8.05. The maximum atomic E-state index is 14.3. The van der Waals surface area contributed by atoms with Crippen LogP contribution in [0.4, 0.5) is 0 Å². The average Bonchev–Trinajstić information content (AvgIpc) is 3.84. The lowest BCUT2D eigenvalue weighted by Gasteiger charge is -2.37. The zero-order valence-electron chi connectivity index (χ0n) is 47.4. The molecule has 420 valence electrons. The Morgan fingerprint density at radius 3 is 1.40 bits per heavy atom. The van der Waals surface area contributed by atoms with Crippen molar-refractivity contribution in [3.05, 3.63) is 104 Å². The van der Waals surface area contributed by atoms with Crippen LogP contribution in [-0.2, 0) is 50.8 Å². The maximum Gasteiger partial charge on any atom is 0.314 e. The highest BCUT2D eigenvalue weighted by atomic mass is 35.5. The summed E-state index contributed by atoms with van der Waals surface area (Å²) in [5.41, 5.74) is 1.69. The van der Waals surface area contributed by atoms with Gasteiger partial charge >= 0.3 is 35.8 Å². The summed E-state index contributed by atoms with van der Waals surface area (Å²) in [6.45, 7) is 24.4. The first-order chi connectivity index (χ1) is 36.4. The van der Waals surface area contributed by atoms with Crippen molar-refractivity contribution in [1.29, 1.82) is 0 Å². The normalized spacial score (nSPS) is 18.2. The number of ketones is 1. The molecule has 4 aromatic rings. The van der Waals surface area contributed by atoms with Crippen molar-refractivity contribution in [3.8, 4) is 28.7 Å². The van der Waals surface area contributed by atoms with E-state index in [9.17, 15) is 33.6 Å². The van der Waals surface area contributed by atoms with E-state index < -0.39 is 58.4 Å². The van der Waals surface area contributed by atoms with Crippen LogP contribution in [-0.4, -0.2) is 48.2 Å². The molecular formula is C63H77ClO13S. The minimum Gasteiger partial charge on any atom is -0.466 e. The largest absolute Gasteiger partial charge is 0.466 e. The number of halogens is 1. The molecular weight excluding hydrogens is 1030 g/mol. The molecule has 0 amide bonds. The molecule has 2 fully saturated rings. The smallest absolute Gasteiger partial charge is 0.314 e. The molecule has 0 bridgehead atoms. The van der Waals surface area contributed by atoms with Crippen LogP contribution in [0, 0.1) is 34.5 Å². The van der Waals surface area contributed by atoms with Crippen molar-refractivity contribution in [2.24, 2.45) is 34.5 Å². The van der Waals surface area contributed by atoms with E-state index >= 15 is 0 Å². The van der Waals surface area contributed by atoms with E-state index in [1.807, 2.05) is 24.3 Å². The third-order valence-corrected chi connectivity index (χ3v) is 15.5. The lowest BCUT2D eigenvalue weighted by atomic mass is 9.69. The van der Waals surface area contributed by atoms with Gasteiger partial charge in [0.1, 0.15) is 28.7 Å². The number of rotatable bonds is 19. The highest BCUT2D eigenvalue weighted by Gasteiger charge is 2.39. The molecule has 13 nitrogen and oxygen atoms in total. The number of esters is 6. The van der Waals surface area contributed by atoms with Crippen LogP contribution in [0.5, 0.6) is 28.7 Å². The summed E-state index contributed by atoms with van der Waals surface area (Å²) >= 11 is 7.24. The lowest BCUT2D eigenvalue weighted by molar-refractivity contribution is -0.145. The van der Waals surface area contributed by atoms with Crippen LogP contribution >= 0.6 is 22.9 Å². The zero-order valence-corrected chi connectivity index (χ0v) is 49.0. The molecule has 2 aliphatic rings. The van der Waals surface area contributed by atoms with Gasteiger partial charge in [-0.25, -0.2) is 0 Å². The van der Waals surface area contributed by atoms with Gasteiger partial charge < -0.3 is 28.4 Å². The zero-order chi connectivity index (χ0) is 57.3. The topological polar surface area (TPSA) is 175 Å². The number of thiophene rings is 1. The quantitative estimate of drug-likeness (QED) is 0.0376. The first kappa shape index (κ1) is 61.1. The summed E-state index contributed by atoms with van der Waals surface area (Å²) in [5.74, 6) is -3.13. The van der Waals surface area contributed by atoms with Crippen molar-refractivity contribution in [2.75, 3.05) is 6.61 Å². The minimum atomic E-state index is -0.537. The van der Waals surface area contributed by atoms with Gasteiger partial charge in [-0.3, -0.25) is 33.6 Å². The van der Waals surface area contributed by atoms with Gasteiger partial charge in [0.2, 0.25) is 0 Å². The van der Waals surface area contributed by atoms with Crippen LogP contribution < -0.4 is 23.7 Å². The Morgan fingerprint density at radius 2 is 0.962 bits per heavy atom. The summed E-state index contributed by atoms with van der Waals surface area (Å²) in [6, 6.07) is 18.6. The van der Waals surface area contributed by atoms with Gasteiger partial charge in [0.25, 0.3) is 0 Å². The van der Waals surface area contributed by atoms with Crippen LogP contribution in [0.3, 0.4) is 0 Å². The minimum absolute atomic E-state index is 0.0659. The van der Waals surface area contributed by atoms with Gasteiger partial charge in [0.15, 0.2) is 5.78 Å². The van der Waals surface area contributed by atoms with E-state index in [4.69, 9.17) is 40.0 Å². The molecule has 1 aromatic heterocycles. The molecule has 0 atom stereocenters. The second-order valence-electron chi connectivity index (χ2n) is 24.7. The van der Waals surface area contributed by atoms with E-state index in [0.717, 1.165) is 40.9 Å². The Hall–Kier alpha value is -6.12. The molecule has 78 heavy (non-hydrogen) atoms. The van der Waals surface area contributed by atoms with Gasteiger partial charge in [0.05, 0.1) is 39.5 Å². The van der Waals surface area contributed by atoms with Gasteiger partial charge in [0, 0.05) is 37.0 Å². The molecule has 6 rings (SSSR count). The molecule has 15 heteroatoms. The fourth-order valence-corrected chi connectivity index (χ4v) is 12.2. The maximum absolute atomic E-state index is 14.3. The van der Waals surface area contributed by atoms with E-state index in [0.29, 0.717) is 89.8 Å². The monoisotopic (exact) mass is 1110 g/mol. The van der Waals surface area contributed by atoms with E-state index in [1.54, 1.807) is 24.3 Å². The van der Waals surface area contributed by atoms with Crippen molar-refractivity contribution < 1.29 is 62.0 Å². The number of hydrogen-bond acceptors (Lipinski definition) is 14. The summed E-state index contributed by atoms with van der Waals surface area (Å²) in [5, 5.41) is 0. The summed E-state index contributed by atoms with van der Waals surface area (Å²) < 4.78 is 35.4. The van der Waals surface area contributed by atoms with E-state index in [1.165, 1.54) is 44.2 Å². The molecule has 2 saturated carbocycles. The predicted octanol–water partition coefficient (Wildman–Crippen LogP) is 14.4. The summed E-state index contributed by atoms with van der Waals surface area (Å²) in [7, 11) is 0. The number of allylic oxidation sites excluding steroid dienone is 1. The van der Waals surface area contributed by atoms with Crippen LogP contribution in [0.15, 0.2) is 72.8 Å². The Balaban J connectivity index is 1.12. The van der Waals surface area contributed by atoms with Gasteiger partial charge in [-0.1, -0.05) is 93.0 Å². The fourth-order valence-electron chi connectivity index (χ4n) is 11.2. The number of carbonyl (C=O) groups excluding carboxylic acids is 7. The number of ether oxygens (including phenoxy) is 6. The predicted molar refractivity (Wildman–Crippen MR) is 301 cm³/mol. The van der Waals surface area contributed by atoms with Crippen LogP contribution in [0.25, 0.3) is 6.08 Å². The molecule has 0 saturated heterocycles. The number of hydrogen-bond donors (Lipinski definition) is 0. The molecule has 0 radical (unpaired) electrons. The second kappa shape index (κ2) is 25.8. The van der Waals surface area contributed by atoms with Gasteiger partial charge in [-0.05, 0) is 158 Å². The lowest BCUT2D eigenvalue weighted by Crippen LogP contribution is -2.32. The first-order valence-electron chi connectivity index (χ1n) is 27.0. The first-order valence-corrected chi connectivity index (χ1v) is 28.2. The van der Waals surface area contributed by atoms with Crippen LogP contribution in [0.2, 0.25) is 4.34 Å². The number of benzene rings is 3. The molecule has 3 aromatic carbocycles. The van der Waals surface area contributed by atoms with Crippen molar-refractivity contribution in [2.45, 2.75) is 165 Å². The molecule has 0 unspecified atom stereocenters. The van der Waals surface area contributed by atoms with E-state index in [-0.39, 0.29) is 46.7 Å². The highest BCUT2D eigenvalue weighted by Crippen LogP contribution is 2.48. The third-order valence-electron chi connectivity index (χ3n) is 14.2. The Labute approximate surface area is 469 Å². The molecule has 2 aliphatic carbocycles. The van der Waals surface area contributed by atoms with Crippen molar-refractivity contribution in [3.63, 3.8) is 0 Å². The molecule has 0 spiro atoms. The van der Waals surface area contributed by atoms with Gasteiger partial charge in [-0.2, -0.15) is 0 Å². The Morgan fingerprint density at radius 1 is 0.526 bits per heavy atom. The Bertz CT molecular complexity index is 2860. The summed E-state index contributed by atoms with van der Waals surface area (Å²) in [4.78, 5) is 92.0. The fraction of sp³-hybridized carbons (Fsp3) is 0.508. The van der Waals surface area contributed by atoms with Gasteiger partial charge in [-0.15, -0.1) is 11.3 Å². The number of carbonyl (C=O) groups is 7. The Kier molecular flexibility index (Phi) is 20.2. The van der Waals surface area contributed by atoms with Crippen molar-refractivity contribution in [1.82, 2.24) is 0 Å². The SMILES string of the molecule is CC(=O)OCCc1ccc(OC(=O)C2CCC(C(=O)Oc3ccc(OC(=O)C4CCC(C(=O)Oc5cc(C(C)(C)CC(C)(C)C)c(OC(C)=O)cc5C(C)(C)CC(C)(C)C)CC4)c(/C=C/C(=O)c4ccc(Cl)s4)c3)CC2)cc1. The standard InChI is InChI=1S/C63H77ClO13S/c1-38(65)72-32-31-40-13-24-46(25-14-40)74-56(68)41-15-17-42(18-16-41)57(69)75-47-26-28-51(45(33-47)23-27-50(67)54-29-30-55(64)78-54)76-58(70)43-19-21-44(22-20-43)59(71)77-53-35-48(62(9,10)36-60(3,4)5)52(73-39(2)66)34-49(53)63(11,12)37-61(6,7)8/h13-14,23-30,33-35,41-44H,15-22,31-32,36-37H2,1-12H3/b27-23+. The van der Waals surface area contributed by atoms with Crippen molar-refractivity contribution >= 4 is 70.6 Å². The molecule has 0 aliphatic heterocycles. The van der Waals surface area contributed by atoms with E-state index in [2.05, 4.69) is 69.2 Å². The van der Waals surface area contributed by atoms with Crippen LogP contribution in [0.1, 0.15) is 179 Å². The average molecular weight is 1110 g/mol. The molecule has 0 N–H and O–H groups in total. The highest BCUT2D eigenvalue weighted by molar-refractivity contribution is 7.18. The third kappa shape index (κ3) is 17.7. The molecule has 1 heterocycles. The second-order valence-corrected chi connectivity index (χ2v) is 26.4.